The zero-order valence-corrected chi connectivity index (χ0v) is 14.4. The van der Waals surface area contributed by atoms with Gasteiger partial charge in [-0.2, -0.15) is 0 Å². The van der Waals surface area contributed by atoms with E-state index in [1.807, 2.05) is 31.2 Å². The summed E-state index contributed by atoms with van der Waals surface area (Å²) in [6, 6.07) is 11.8. The molecule has 0 radical (unpaired) electrons. The molecule has 2 aromatic carbocycles. The van der Waals surface area contributed by atoms with E-state index in [-0.39, 0.29) is 5.91 Å². The van der Waals surface area contributed by atoms with E-state index >= 15 is 0 Å². The minimum absolute atomic E-state index is 0.195. The van der Waals surface area contributed by atoms with Gasteiger partial charge in [0.1, 0.15) is 11.5 Å². The number of rotatable bonds is 5. The fourth-order valence-electron chi connectivity index (χ4n) is 3.03. The fourth-order valence-corrected chi connectivity index (χ4v) is 3.03. The zero-order chi connectivity index (χ0) is 17.1. The Bertz CT molecular complexity index is 755. The molecular formula is C20H23NO3. The first kappa shape index (κ1) is 16.4. The van der Waals surface area contributed by atoms with E-state index in [2.05, 4.69) is 17.4 Å². The Hall–Kier alpha value is -2.49. The number of hydrogen-bond donors (Lipinski definition) is 1. The minimum Gasteiger partial charge on any atom is -0.495 e. The molecule has 4 nitrogen and oxygen atoms in total. The number of ether oxygens (including phenoxy) is 2. The number of nitrogens with one attached hydrogen (secondary N) is 1. The van der Waals surface area contributed by atoms with Gasteiger partial charge in [0.15, 0.2) is 6.10 Å². The van der Waals surface area contributed by atoms with Crippen molar-refractivity contribution in [2.75, 3.05) is 12.4 Å². The Morgan fingerprint density at radius 1 is 1.12 bits per heavy atom. The summed E-state index contributed by atoms with van der Waals surface area (Å²) in [7, 11) is 1.59. The molecule has 1 atom stereocenters. The standard InChI is InChI=1S/C20H23NO3/c1-13-7-10-19(23-3)18(11-13)21-20(22)14(2)24-17-9-8-15-5-4-6-16(15)12-17/h7-12,14H,4-6H2,1-3H3,(H,21,22)/t14-/m0/s1. The lowest BCUT2D eigenvalue weighted by atomic mass is 10.1. The van der Waals surface area contributed by atoms with Crippen LogP contribution in [-0.4, -0.2) is 19.1 Å². The van der Waals surface area contributed by atoms with Gasteiger partial charge < -0.3 is 14.8 Å². The average molecular weight is 325 g/mol. The van der Waals surface area contributed by atoms with E-state index in [4.69, 9.17) is 9.47 Å². The lowest BCUT2D eigenvalue weighted by Crippen LogP contribution is -2.30. The molecule has 126 valence electrons. The molecule has 0 saturated heterocycles. The molecule has 4 heteroatoms. The molecule has 0 spiro atoms. The Labute approximate surface area is 142 Å². The van der Waals surface area contributed by atoms with Gasteiger partial charge in [-0.15, -0.1) is 0 Å². The van der Waals surface area contributed by atoms with Crippen molar-refractivity contribution < 1.29 is 14.3 Å². The van der Waals surface area contributed by atoms with E-state index in [1.54, 1.807) is 14.0 Å². The molecule has 1 amide bonds. The summed E-state index contributed by atoms with van der Waals surface area (Å²) in [6.07, 6.45) is 2.84. The van der Waals surface area contributed by atoms with Crippen LogP contribution in [0.25, 0.3) is 0 Å². The van der Waals surface area contributed by atoms with Crippen LogP contribution in [0, 0.1) is 6.92 Å². The van der Waals surface area contributed by atoms with Crippen molar-refractivity contribution in [2.24, 2.45) is 0 Å². The molecule has 1 aliphatic carbocycles. The van der Waals surface area contributed by atoms with Gasteiger partial charge in [0.25, 0.3) is 5.91 Å². The predicted octanol–water partition coefficient (Wildman–Crippen LogP) is 3.90. The monoisotopic (exact) mass is 325 g/mol. The van der Waals surface area contributed by atoms with Crippen molar-refractivity contribution in [3.63, 3.8) is 0 Å². The molecule has 0 bridgehead atoms. The number of methoxy groups -OCH3 is 1. The number of carbonyl (C=O) groups excluding carboxylic acids is 1. The summed E-state index contributed by atoms with van der Waals surface area (Å²) in [5.41, 5.74) is 4.44. The number of carbonyl (C=O) groups is 1. The van der Waals surface area contributed by atoms with Crippen LogP contribution in [0.1, 0.15) is 30.0 Å². The highest BCUT2D eigenvalue weighted by Gasteiger charge is 2.18. The van der Waals surface area contributed by atoms with Gasteiger partial charge in [-0.3, -0.25) is 4.79 Å². The summed E-state index contributed by atoms with van der Waals surface area (Å²) in [5.74, 6) is 1.19. The van der Waals surface area contributed by atoms with Gasteiger partial charge in [0.05, 0.1) is 12.8 Å². The predicted molar refractivity (Wildman–Crippen MR) is 94.9 cm³/mol. The van der Waals surface area contributed by atoms with Crippen molar-refractivity contribution in [2.45, 2.75) is 39.2 Å². The number of aryl methyl sites for hydroxylation is 3. The fraction of sp³-hybridized carbons (Fsp3) is 0.350. The summed E-state index contributed by atoms with van der Waals surface area (Å²) >= 11 is 0. The van der Waals surface area contributed by atoms with E-state index in [1.165, 1.54) is 17.5 Å². The van der Waals surface area contributed by atoms with E-state index < -0.39 is 6.10 Å². The number of fused-ring (bicyclic) bond motifs is 1. The second-order valence-corrected chi connectivity index (χ2v) is 6.24. The van der Waals surface area contributed by atoms with Crippen LogP contribution in [0.5, 0.6) is 11.5 Å². The zero-order valence-electron chi connectivity index (χ0n) is 14.4. The van der Waals surface area contributed by atoms with Crippen molar-refractivity contribution in [3.8, 4) is 11.5 Å². The van der Waals surface area contributed by atoms with Gasteiger partial charge in [-0.25, -0.2) is 0 Å². The molecule has 0 aliphatic heterocycles. The summed E-state index contributed by atoms with van der Waals surface area (Å²) in [5, 5.41) is 2.89. The van der Waals surface area contributed by atoms with Gasteiger partial charge in [-0.05, 0) is 74.1 Å². The third-order valence-electron chi connectivity index (χ3n) is 4.36. The second-order valence-electron chi connectivity index (χ2n) is 6.24. The summed E-state index contributed by atoms with van der Waals surface area (Å²) in [6.45, 7) is 3.73. The molecule has 1 N–H and O–H groups in total. The quantitative estimate of drug-likeness (QED) is 0.907. The Kier molecular flexibility index (Phi) is 4.74. The van der Waals surface area contributed by atoms with Crippen LogP contribution >= 0.6 is 0 Å². The highest BCUT2D eigenvalue weighted by molar-refractivity contribution is 5.95. The van der Waals surface area contributed by atoms with Crippen molar-refractivity contribution in [1.82, 2.24) is 0 Å². The topological polar surface area (TPSA) is 47.6 Å². The minimum atomic E-state index is -0.588. The molecule has 0 fully saturated rings. The molecular weight excluding hydrogens is 302 g/mol. The summed E-state index contributed by atoms with van der Waals surface area (Å²) < 4.78 is 11.1. The number of hydrogen-bond acceptors (Lipinski definition) is 3. The molecule has 24 heavy (non-hydrogen) atoms. The lowest BCUT2D eigenvalue weighted by molar-refractivity contribution is -0.122. The summed E-state index contributed by atoms with van der Waals surface area (Å²) in [4.78, 5) is 12.4. The van der Waals surface area contributed by atoms with E-state index in [0.29, 0.717) is 11.4 Å². The first-order valence-electron chi connectivity index (χ1n) is 8.31. The van der Waals surface area contributed by atoms with Crippen molar-refractivity contribution in [1.29, 1.82) is 0 Å². The third kappa shape index (κ3) is 3.53. The second kappa shape index (κ2) is 6.95. The molecule has 0 heterocycles. The third-order valence-corrected chi connectivity index (χ3v) is 4.36. The Balaban J connectivity index is 1.68. The molecule has 0 aromatic heterocycles. The largest absolute Gasteiger partial charge is 0.495 e. The van der Waals surface area contributed by atoms with Crippen molar-refractivity contribution >= 4 is 11.6 Å². The van der Waals surface area contributed by atoms with Gasteiger partial charge in [0.2, 0.25) is 0 Å². The molecule has 3 rings (SSSR count). The normalized spacial score (nSPS) is 14.0. The van der Waals surface area contributed by atoms with E-state index in [0.717, 1.165) is 24.2 Å². The molecule has 1 aliphatic rings. The molecule has 0 unspecified atom stereocenters. The maximum absolute atomic E-state index is 12.4. The highest BCUT2D eigenvalue weighted by atomic mass is 16.5. The highest BCUT2D eigenvalue weighted by Crippen LogP contribution is 2.28. The van der Waals surface area contributed by atoms with Crippen LogP contribution in [-0.2, 0) is 17.6 Å². The molecule has 0 saturated carbocycles. The molecule has 2 aromatic rings. The lowest BCUT2D eigenvalue weighted by Gasteiger charge is -2.17. The number of amides is 1. The van der Waals surface area contributed by atoms with Crippen LogP contribution < -0.4 is 14.8 Å². The van der Waals surface area contributed by atoms with Gasteiger partial charge in [-0.1, -0.05) is 12.1 Å². The van der Waals surface area contributed by atoms with Gasteiger partial charge >= 0.3 is 0 Å². The van der Waals surface area contributed by atoms with Crippen molar-refractivity contribution in [3.05, 3.63) is 53.1 Å². The first-order valence-corrected chi connectivity index (χ1v) is 8.31. The van der Waals surface area contributed by atoms with Crippen LogP contribution in [0.3, 0.4) is 0 Å². The number of benzene rings is 2. The average Bonchev–Trinajstić information content (AvgIpc) is 3.02. The Morgan fingerprint density at radius 2 is 1.92 bits per heavy atom. The van der Waals surface area contributed by atoms with Crippen LogP contribution in [0.2, 0.25) is 0 Å². The maximum Gasteiger partial charge on any atom is 0.265 e. The van der Waals surface area contributed by atoms with Crippen LogP contribution in [0.4, 0.5) is 5.69 Å². The SMILES string of the molecule is COc1ccc(C)cc1NC(=O)[C@H](C)Oc1ccc2c(c1)CCC2. The van der Waals surface area contributed by atoms with Gasteiger partial charge in [0, 0.05) is 0 Å². The van der Waals surface area contributed by atoms with E-state index in [9.17, 15) is 4.79 Å². The maximum atomic E-state index is 12.4. The Morgan fingerprint density at radius 3 is 2.71 bits per heavy atom. The first-order chi connectivity index (χ1) is 11.6. The smallest absolute Gasteiger partial charge is 0.265 e. The number of anilines is 1. The van der Waals surface area contributed by atoms with Crippen LogP contribution in [0.15, 0.2) is 36.4 Å².